The number of rotatable bonds is 6. The van der Waals surface area contributed by atoms with Gasteiger partial charge in [-0.3, -0.25) is 4.90 Å². The lowest BCUT2D eigenvalue weighted by molar-refractivity contribution is 0.0321. The zero-order chi connectivity index (χ0) is 13.8. The molecule has 3 heteroatoms. The van der Waals surface area contributed by atoms with Gasteiger partial charge in [-0.25, -0.2) is 0 Å². The molecule has 108 valence electrons. The van der Waals surface area contributed by atoms with Gasteiger partial charge in [0.15, 0.2) is 0 Å². The predicted molar refractivity (Wildman–Crippen MR) is 79.8 cm³/mol. The van der Waals surface area contributed by atoms with Gasteiger partial charge in [-0.15, -0.1) is 0 Å². The average Bonchev–Trinajstić information content (AvgIpc) is 2.35. The summed E-state index contributed by atoms with van der Waals surface area (Å²) >= 11 is 0. The molecule has 1 aliphatic rings. The van der Waals surface area contributed by atoms with Crippen molar-refractivity contribution in [3.8, 4) is 0 Å². The summed E-state index contributed by atoms with van der Waals surface area (Å²) in [5.41, 5.74) is 6.36. The van der Waals surface area contributed by atoms with Crippen molar-refractivity contribution < 1.29 is 0 Å². The first-order chi connectivity index (χ1) is 8.41. The summed E-state index contributed by atoms with van der Waals surface area (Å²) in [7, 11) is 2.26. The molecular formula is C15H33N3. The summed E-state index contributed by atoms with van der Waals surface area (Å²) in [4.78, 5) is 5.11. The van der Waals surface area contributed by atoms with Gasteiger partial charge < -0.3 is 10.6 Å². The first-order valence-corrected chi connectivity index (χ1v) is 7.56. The second kappa shape index (κ2) is 6.88. The van der Waals surface area contributed by atoms with Crippen molar-refractivity contribution in [1.29, 1.82) is 0 Å². The van der Waals surface area contributed by atoms with E-state index in [0.717, 1.165) is 12.5 Å². The minimum Gasteiger partial charge on any atom is -0.329 e. The predicted octanol–water partition coefficient (Wildman–Crippen LogP) is 2.17. The molecule has 1 heterocycles. The van der Waals surface area contributed by atoms with Crippen LogP contribution in [0.2, 0.25) is 0 Å². The Hall–Kier alpha value is -0.120. The Morgan fingerprint density at radius 2 is 1.72 bits per heavy atom. The molecule has 0 unspecified atom stereocenters. The molecule has 0 amide bonds. The van der Waals surface area contributed by atoms with Crippen LogP contribution in [-0.2, 0) is 0 Å². The number of hydrogen-bond donors (Lipinski definition) is 1. The molecule has 0 radical (unpaired) electrons. The van der Waals surface area contributed by atoms with Crippen LogP contribution in [0.4, 0.5) is 0 Å². The summed E-state index contributed by atoms with van der Waals surface area (Å²) in [6.45, 7) is 13.5. The van der Waals surface area contributed by atoms with Crippen molar-refractivity contribution >= 4 is 0 Å². The van der Waals surface area contributed by atoms with Crippen molar-refractivity contribution in [2.45, 2.75) is 58.5 Å². The topological polar surface area (TPSA) is 32.5 Å². The fourth-order valence-corrected chi connectivity index (χ4v) is 2.89. The van der Waals surface area contributed by atoms with E-state index in [-0.39, 0.29) is 5.54 Å². The van der Waals surface area contributed by atoms with Gasteiger partial charge in [-0.1, -0.05) is 13.8 Å². The SMILES string of the molecule is CC(C)CCN(C)C1(CN)CCN(C(C)C)CC1. The van der Waals surface area contributed by atoms with Crippen LogP contribution in [-0.4, -0.2) is 54.6 Å². The van der Waals surface area contributed by atoms with E-state index < -0.39 is 0 Å². The van der Waals surface area contributed by atoms with Crippen LogP contribution in [0.15, 0.2) is 0 Å². The van der Waals surface area contributed by atoms with Gasteiger partial charge >= 0.3 is 0 Å². The molecule has 0 spiro atoms. The maximum atomic E-state index is 6.11. The zero-order valence-electron chi connectivity index (χ0n) is 13.1. The molecular weight excluding hydrogens is 222 g/mol. The molecule has 0 saturated carbocycles. The molecule has 1 fully saturated rings. The van der Waals surface area contributed by atoms with Crippen LogP contribution in [0.5, 0.6) is 0 Å². The van der Waals surface area contributed by atoms with Gasteiger partial charge in [-0.2, -0.15) is 0 Å². The highest BCUT2D eigenvalue weighted by atomic mass is 15.2. The molecule has 0 bridgehead atoms. The first-order valence-electron chi connectivity index (χ1n) is 7.56. The van der Waals surface area contributed by atoms with Gasteiger partial charge in [0.05, 0.1) is 0 Å². The van der Waals surface area contributed by atoms with E-state index in [4.69, 9.17) is 5.73 Å². The molecule has 0 aromatic rings. The summed E-state index contributed by atoms with van der Waals surface area (Å²) in [6.07, 6.45) is 3.71. The van der Waals surface area contributed by atoms with Gasteiger partial charge in [0, 0.05) is 31.2 Å². The molecule has 0 aliphatic carbocycles. The van der Waals surface area contributed by atoms with Gasteiger partial charge in [0.2, 0.25) is 0 Å². The van der Waals surface area contributed by atoms with E-state index in [1.54, 1.807) is 0 Å². The van der Waals surface area contributed by atoms with Crippen molar-refractivity contribution in [1.82, 2.24) is 9.80 Å². The molecule has 18 heavy (non-hydrogen) atoms. The molecule has 0 aromatic carbocycles. The summed E-state index contributed by atoms with van der Waals surface area (Å²) < 4.78 is 0. The van der Waals surface area contributed by atoms with Crippen molar-refractivity contribution in [3.63, 3.8) is 0 Å². The smallest absolute Gasteiger partial charge is 0.0353 e. The van der Waals surface area contributed by atoms with Crippen LogP contribution in [0, 0.1) is 5.92 Å². The molecule has 3 nitrogen and oxygen atoms in total. The average molecular weight is 255 g/mol. The maximum Gasteiger partial charge on any atom is 0.0353 e. The Bertz CT molecular complexity index is 230. The highest BCUT2D eigenvalue weighted by Gasteiger charge is 2.37. The number of likely N-dealkylation sites (tertiary alicyclic amines) is 1. The molecule has 0 atom stereocenters. The van der Waals surface area contributed by atoms with Gasteiger partial charge in [0.25, 0.3) is 0 Å². The third-order valence-corrected chi connectivity index (χ3v) is 4.69. The minimum absolute atomic E-state index is 0.250. The molecule has 0 aromatic heterocycles. The minimum atomic E-state index is 0.250. The molecule has 1 aliphatic heterocycles. The van der Waals surface area contributed by atoms with Crippen LogP contribution >= 0.6 is 0 Å². The quantitative estimate of drug-likeness (QED) is 0.789. The van der Waals surface area contributed by atoms with Gasteiger partial charge in [0.1, 0.15) is 0 Å². The van der Waals surface area contributed by atoms with Crippen LogP contribution in [0.25, 0.3) is 0 Å². The van der Waals surface area contributed by atoms with Crippen LogP contribution in [0.3, 0.4) is 0 Å². The number of likely N-dealkylation sites (N-methyl/N-ethyl adjacent to an activating group) is 1. The second-order valence-corrected chi connectivity index (χ2v) is 6.66. The van der Waals surface area contributed by atoms with Crippen LogP contribution < -0.4 is 5.73 Å². The van der Waals surface area contributed by atoms with E-state index >= 15 is 0 Å². The Morgan fingerprint density at radius 1 is 1.17 bits per heavy atom. The standard InChI is InChI=1S/C15H33N3/c1-13(2)6-9-17(5)15(12-16)7-10-18(11-8-15)14(3)4/h13-14H,6-12,16H2,1-5H3. The third kappa shape index (κ3) is 3.94. The summed E-state index contributed by atoms with van der Waals surface area (Å²) in [5.74, 6) is 0.776. The fourth-order valence-electron chi connectivity index (χ4n) is 2.89. The zero-order valence-corrected chi connectivity index (χ0v) is 13.1. The number of piperidine rings is 1. The summed E-state index contributed by atoms with van der Waals surface area (Å²) in [6, 6.07) is 0.668. The van der Waals surface area contributed by atoms with E-state index in [9.17, 15) is 0 Å². The molecule has 2 N–H and O–H groups in total. The molecule has 1 saturated heterocycles. The number of nitrogens with zero attached hydrogens (tertiary/aromatic N) is 2. The normalized spacial score (nSPS) is 21.2. The monoisotopic (exact) mass is 255 g/mol. The maximum absolute atomic E-state index is 6.11. The van der Waals surface area contributed by atoms with Crippen LogP contribution in [0.1, 0.15) is 47.0 Å². The van der Waals surface area contributed by atoms with E-state index in [1.165, 1.54) is 38.9 Å². The lowest BCUT2D eigenvalue weighted by Crippen LogP contribution is -2.59. The van der Waals surface area contributed by atoms with E-state index in [1.807, 2.05) is 0 Å². The number of nitrogens with two attached hydrogens (primary N) is 1. The van der Waals surface area contributed by atoms with E-state index in [2.05, 4.69) is 44.5 Å². The highest BCUT2D eigenvalue weighted by Crippen LogP contribution is 2.28. The third-order valence-electron chi connectivity index (χ3n) is 4.69. The summed E-state index contributed by atoms with van der Waals surface area (Å²) in [5, 5.41) is 0. The van der Waals surface area contributed by atoms with Crippen molar-refractivity contribution in [2.75, 3.05) is 33.2 Å². The van der Waals surface area contributed by atoms with Crippen molar-refractivity contribution in [2.24, 2.45) is 11.7 Å². The lowest BCUT2D eigenvalue weighted by atomic mass is 9.85. The van der Waals surface area contributed by atoms with E-state index in [0.29, 0.717) is 6.04 Å². The first kappa shape index (κ1) is 15.9. The Labute approximate surface area is 114 Å². The fraction of sp³-hybridized carbons (Fsp3) is 1.00. The van der Waals surface area contributed by atoms with Crippen molar-refractivity contribution in [3.05, 3.63) is 0 Å². The Balaban J connectivity index is 2.54. The molecule has 1 rings (SSSR count). The largest absolute Gasteiger partial charge is 0.329 e. The second-order valence-electron chi connectivity index (χ2n) is 6.66. The number of hydrogen-bond acceptors (Lipinski definition) is 3. The Morgan fingerprint density at radius 3 is 2.11 bits per heavy atom. The Kier molecular flexibility index (Phi) is 6.09. The highest BCUT2D eigenvalue weighted by molar-refractivity contribution is 4.95. The van der Waals surface area contributed by atoms with Gasteiger partial charge in [-0.05, 0) is 52.6 Å². The lowest BCUT2D eigenvalue weighted by Gasteiger charge is -2.48.